The number of benzene rings is 1. The minimum Gasteiger partial charge on any atom is -0.377 e. The average molecular weight is 309 g/mol. The van der Waals surface area contributed by atoms with Gasteiger partial charge in [-0.1, -0.05) is 30.3 Å². The Morgan fingerprint density at radius 1 is 1.22 bits per heavy atom. The van der Waals surface area contributed by atoms with Crippen LogP contribution in [0.5, 0.6) is 0 Å². The Bertz CT molecular complexity index is 780. The summed E-state index contributed by atoms with van der Waals surface area (Å²) in [6.45, 7) is 2.47. The molecule has 1 aromatic carbocycles. The van der Waals surface area contributed by atoms with E-state index in [-0.39, 0.29) is 0 Å². The second-order valence-corrected chi connectivity index (χ2v) is 5.83. The molecule has 3 aromatic rings. The predicted octanol–water partition coefficient (Wildman–Crippen LogP) is 2.06. The smallest absolute Gasteiger partial charge is 0.183 e. The first kappa shape index (κ1) is 14.3. The van der Waals surface area contributed by atoms with Crippen LogP contribution < -0.4 is 5.32 Å². The Labute approximate surface area is 134 Å². The van der Waals surface area contributed by atoms with Crippen molar-refractivity contribution in [1.82, 2.24) is 25.4 Å². The molecule has 6 heteroatoms. The molecule has 1 aliphatic rings. The Morgan fingerprint density at radius 3 is 2.96 bits per heavy atom. The van der Waals surface area contributed by atoms with E-state index in [0.29, 0.717) is 6.10 Å². The number of hydrogen-bond acceptors (Lipinski definition) is 5. The summed E-state index contributed by atoms with van der Waals surface area (Å²) < 4.78 is 7.39. The molecule has 0 unspecified atom stereocenters. The van der Waals surface area contributed by atoms with Gasteiger partial charge in [0, 0.05) is 37.0 Å². The molecule has 3 heterocycles. The van der Waals surface area contributed by atoms with E-state index < -0.39 is 0 Å². The summed E-state index contributed by atoms with van der Waals surface area (Å²) in [4.78, 5) is 0. The van der Waals surface area contributed by atoms with Crippen LogP contribution in [0.1, 0.15) is 18.4 Å². The van der Waals surface area contributed by atoms with E-state index >= 15 is 0 Å². The number of nitrogens with one attached hydrogen (secondary N) is 1. The standard InChI is InChI=1S/C17H19N5O/c1-2-5-13(6-3-1)15-9-14(17-19-20-21-22(17)12-15)10-18-11-16-7-4-8-23-16/h1-3,5-6,9,12,16,18H,4,7-8,10-11H2/t16-/m1/s1. The van der Waals surface area contributed by atoms with Crippen LogP contribution in [0.25, 0.3) is 16.8 Å². The van der Waals surface area contributed by atoms with Crippen LogP contribution in [0, 0.1) is 0 Å². The third kappa shape index (κ3) is 3.09. The van der Waals surface area contributed by atoms with Crippen molar-refractivity contribution in [3.8, 4) is 11.1 Å². The van der Waals surface area contributed by atoms with E-state index in [1.807, 2.05) is 24.4 Å². The fraction of sp³-hybridized carbons (Fsp3) is 0.353. The summed E-state index contributed by atoms with van der Waals surface area (Å²) in [7, 11) is 0. The number of hydrogen-bond donors (Lipinski definition) is 1. The zero-order valence-corrected chi connectivity index (χ0v) is 12.9. The lowest BCUT2D eigenvalue weighted by Crippen LogP contribution is -2.26. The topological polar surface area (TPSA) is 64.3 Å². The molecule has 23 heavy (non-hydrogen) atoms. The summed E-state index contributed by atoms with van der Waals surface area (Å²) in [5, 5.41) is 15.5. The van der Waals surface area contributed by atoms with Gasteiger partial charge in [-0.2, -0.15) is 4.52 Å². The maximum Gasteiger partial charge on any atom is 0.183 e. The predicted molar refractivity (Wildman–Crippen MR) is 86.9 cm³/mol. The first-order chi connectivity index (χ1) is 11.4. The van der Waals surface area contributed by atoms with Crippen LogP contribution in [0.15, 0.2) is 42.6 Å². The molecule has 0 bridgehead atoms. The Morgan fingerprint density at radius 2 is 2.13 bits per heavy atom. The number of tetrazole rings is 1. The summed E-state index contributed by atoms with van der Waals surface area (Å²) in [6, 6.07) is 12.4. The normalized spacial score (nSPS) is 17.8. The molecular weight excluding hydrogens is 290 g/mol. The van der Waals surface area contributed by atoms with Crippen LogP contribution in [0.3, 0.4) is 0 Å². The Balaban J connectivity index is 1.58. The second-order valence-electron chi connectivity index (χ2n) is 5.83. The number of nitrogens with zero attached hydrogens (tertiary/aromatic N) is 4. The second kappa shape index (κ2) is 6.44. The molecule has 2 aromatic heterocycles. The third-order valence-electron chi connectivity index (χ3n) is 4.19. The van der Waals surface area contributed by atoms with Crippen LogP contribution in [-0.2, 0) is 11.3 Å². The molecule has 0 spiro atoms. The summed E-state index contributed by atoms with van der Waals surface area (Å²) in [5.41, 5.74) is 4.16. The molecule has 4 rings (SSSR count). The van der Waals surface area contributed by atoms with Crippen molar-refractivity contribution in [1.29, 1.82) is 0 Å². The zero-order valence-electron chi connectivity index (χ0n) is 12.9. The van der Waals surface area contributed by atoms with Crippen molar-refractivity contribution in [2.24, 2.45) is 0 Å². The Hall–Kier alpha value is -2.31. The molecule has 6 nitrogen and oxygen atoms in total. The van der Waals surface area contributed by atoms with Crippen LogP contribution in [0.4, 0.5) is 0 Å². The third-order valence-corrected chi connectivity index (χ3v) is 4.19. The van der Waals surface area contributed by atoms with Gasteiger partial charge >= 0.3 is 0 Å². The van der Waals surface area contributed by atoms with Crippen molar-refractivity contribution in [2.45, 2.75) is 25.5 Å². The highest BCUT2D eigenvalue weighted by molar-refractivity contribution is 5.66. The molecular formula is C17H19N5O. The SMILES string of the molecule is c1ccc(-c2cc(CNC[C@H]3CCCO3)c3nnnn3c2)cc1. The molecule has 0 radical (unpaired) electrons. The maximum atomic E-state index is 5.65. The number of pyridine rings is 1. The van der Waals surface area contributed by atoms with E-state index in [0.717, 1.165) is 54.9 Å². The van der Waals surface area contributed by atoms with Gasteiger partial charge < -0.3 is 10.1 Å². The first-order valence-corrected chi connectivity index (χ1v) is 7.98. The van der Waals surface area contributed by atoms with Gasteiger partial charge in [-0.3, -0.25) is 0 Å². The summed E-state index contributed by atoms with van der Waals surface area (Å²) >= 11 is 0. The van der Waals surface area contributed by atoms with Crippen LogP contribution in [-0.4, -0.2) is 39.3 Å². The molecule has 1 atom stereocenters. The highest BCUT2D eigenvalue weighted by Gasteiger charge is 2.15. The van der Waals surface area contributed by atoms with E-state index in [4.69, 9.17) is 4.74 Å². The molecule has 1 N–H and O–H groups in total. The van der Waals surface area contributed by atoms with Gasteiger partial charge in [0.2, 0.25) is 0 Å². The number of rotatable bonds is 5. The van der Waals surface area contributed by atoms with Crippen molar-refractivity contribution in [3.05, 3.63) is 48.2 Å². The van der Waals surface area contributed by atoms with Gasteiger partial charge in [-0.25, -0.2) is 0 Å². The van der Waals surface area contributed by atoms with Gasteiger partial charge in [0.15, 0.2) is 5.65 Å². The lowest BCUT2D eigenvalue weighted by atomic mass is 10.1. The van der Waals surface area contributed by atoms with Gasteiger partial charge in [0.05, 0.1) is 6.10 Å². The summed E-state index contributed by atoms with van der Waals surface area (Å²) in [5.74, 6) is 0. The molecule has 1 fully saturated rings. The largest absolute Gasteiger partial charge is 0.377 e. The maximum absolute atomic E-state index is 5.65. The van der Waals surface area contributed by atoms with Crippen molar-refractivity contribution >= 4 is 5.65 Å². The zero-order chi connectivity index (χ0) is 15.5. The van der Waals surface area contributed by atoms with E-state index in [2.05, 4.69) is 39.0 Å². The molecule has 1 aliphatic heterocycles. The molecule has 1 saturated heterocycles. The molecule has 118 valence electrons. The lowest BCUT2D eigenvalue weighted by Gasteiger charge is -2.12. The highest BCUT2D eigenvalue weighted by Crippen LogP contribution is 2.22. The minimum absolute atomic E-state index is 0.333. The van der Waals surface area contributed by atoms with E-state index in [9.17, 15) is 0 Å². The Kier molecular flexibility index (Phi) is 4.00. The first-order valence-electron chi connectivity index (χ1n) is 7.98. The van der Waals surface area contributed by atoms with E-state index in [1.54, 1.807) is 4.52 Å². The van der Waals surface area contributed by atoms with Crippen LogP contribution >= 0.6 is 0 Å². The van der Waals surface area contributed by atoms with E-state index in [1.165, 1.54) is 0 Å². The number of fused-ring (bicyclic) bond motifs is 1. The monoisotopic (exact) mass is 309 g/mol. The van der Waals surface area contributed by atoms with Gasteiger partial charge in [-0.15, -0.1) is 5.10 Å². The van der Waals surface area contributed by atoms with Gasteiger partial charge in [-0.05, 0) is 34.9 Å². The minimum atomic E-state index is 0.333. The molecule has 0 amide bonds. The fourth-order valence-corrected chi connectivity index (χ4v) is 3.00. The van der Waals surface area contributed by atoms with Gasteiger partial charge in [0.25, 0.3) is 0 Å². The molecule has 0 aliphatic carbocycles. The number of ether oxygens (including phenoxy) is 1. The average Bonchev–Trinajstić information content (AvgIpc) is 3.26. The summed E-state index contributed by atoms with van der Waals surface area (Å²) in [6.07, 6.45) is 4.60. The van der Waals surface area contributed by atoms with Crippen molar-refractivity contribution in [3.63, 3.8) is 0 Å². The lowest BCUT2D eigenvalue weighted by molar-refractivity contribution is 0.110. The van der Waals surface area contributed by atoms with Gasteiger partial charge in [0.1, 0.15) is 0 Å². The quantitative estimate of drug-likeness (QED) is 0.781. The number of aromatic nitrogens is 4. The van der Waals surface area contributed by atoms with Crippen molar-refractivity contribution < 1.29 is 4.74 Å². The molecule has 0 saturated carbocycles. The van der Waals surface area contributed by atoms with Crippen LogP contribution in [0.2, 0.25) is 0 Å². The van der Waals surface area contributed by atoms with Crippen molar-refractivity contribution in [2.75, 3.05) is 13.2 Å². The fourth-order valence-electron chi connectivity index (χ4n) is 3.00. The highest BCUT2D eigenvalue weighted by atomic mass is 16.5.